The van der Waals surface area contributed by atoms with Crippen LogP contribution in [0.15, 0.2) is 11.4 Å². The van der Waals surface area contributed by atoms with E-state index in [0.29, 0.717) is 0 Å². The van der Waals surface area contributed by atoms with E-state index in [4.69, 9.17) is 10.4 Å². The molecule has 0 spiro atoms. The second-order valence-corrected chi connectivity index (χ2v) is 3.83. The van der Waals surface area contributed by atoms with Gasteiger partial charge in [-0.25, -0.2) is 4.79 Å². The summed E-state index contributed by atoms with van der Waals surface area (Å²) >= 11 is 1.04. The van der Waals surface area contributed by atoms with Crippen LogP contribution in [0.25, 0.3) is 0 Å². The number of rotatable bonds is 4. The Morgan fingerprint density at radius 3 is 2.80 bits per heavy atom. The quantitative estimate of drug-likeness (QED) is 0.704. The molecule has 1 aromatic heterocycles. The van der Waals surface area contributed by atoms with Gasteiger partial charge in [0.05, 0.1) is 29.0 Å². The van der Waals surface area contributed by atoms with E-state index in [1.165, 1.54) is 11.4 Å². The highest BCUT2D eigenvalue weighted by atomic mass is 32.1. The Hall–Kier alpha value is -1.42. The monoisotopic (exact) mass is 227 g/mol. The molecule has 1 rings (SSSR count). The van der Waals surface area contributed by atoms with Gasteiger partial charge in [-0.1, -0.05) is 0 Å². The number of thiophene rings is 1. The molecular formula is C9H9NO4S. The number of hydrogen-bond acceptors (Lipinski definition) is 5. The Balaban J connectivity index is 2.91. The van der Waals surface area contributed by atoms with Gasteiger partial charge in [0, 0.05) is 0 Å². The number of hydrogen-bond donors (Lipinski definition) is 3. The Morgan fingerprint density at radius 2 is 2.27 bits per heavy atom. The second-order valence-electron chi connectivity index (χ2n) is 2.88. The van der Waals surface area contributed by atoms with E-state index in [-0.39, 0.29) is 16.9 Å². The van der Waals surface area contributed by atoms with Crippen molar-refractivity contribution in [3.8, 4) is 6.07 Å². The number of aliphatic hydroxyl groups is 2. The Labute approximate surface area is 89.8 Å². The van der Waals surface area contributed by atoms with Gasteiger partial charge < -0.3 is 15.3 Å². The normalized spacial score (nSPS) is 14.2. The molecule has 0 saturated carbocycles. The van der Waals surface area contributed by atoms with Crippen LogP contribution >= 0.6 is 11.3 Å². The van der Waals surface area contributed by atoms with Gasteiger partial charge in [-0.05, 0) is 11.4 Å². The van der Waals surface area contributed by atoms with Gasteiger partial charge in [-0.3, -0.25) is 0 Å². The van der Waals surface area contributed by atoms with Crippen LogP contribution in [0.4, 0.5) is 0 Å². The summed E-state index contributed by atoms with van der Waals surface area (Å²) in [6.07, 6.45) is -2.82. The molecule has 6 heteroatoms. The van der Waals surface area contributed by atoms with Crippen LogP contribution in [0.2, 0.25) is 0 Å². The first-order valence-corrected chi connectivity index (χ1v) is 4.99. The minimum atomic E-state index is -1.32. The van der Waals surface area contributed by atoms with E-state index in [1.807, 2.05) is 0 Å². The van der Waals surface area contributed by atoms with Crippen molar-refractivity contribution in [2.24, 2.45) is 0 Å². The number of aromatic carboxylic acids is 1. The number of nitriles is 1. The van der Waals surface area contributed by atoms with Gasteiger partial charge in [0.1, 0.15) is 6.10 Å². The molecule has 80 valence electrons. The van der Waals surface area contributed by atoms with Crippen LogP contribution < -0.4 is 0 Å². The van der Waals surface area contributed by atoms with Gasteiger partial charge in [0.2, 0.25) is 0 Å². The van der Waals surface area contributed by atoms with Crippen LogP contribution in [-0.2, 0) is 0 Å². The summed E-state index contributed by atoms with van der Waals surface area (Å²) in [5, 5.41) is 37.5. The van der Waals surface area contributed by atoms with E-state index >= 15 is 0 Å². The third kappa shape index (κ3) is 2.53. The zero-order valence-corrected chi connectivity index (χ0v) is 8.44. The van der Waals surface area contributed by atoms with Gasteiger partial charge in [0.25, 0.3) is 0 Å². The number of nitrogens with zero attached hydrogens (tertiary/aromatic N) is 1. The molecule has 0 saturated heterocycles. The predicted octanol–water partition coefficient (Wildman–Crippen LogP) is 0.754. The molecule has 5 nitrogen and oxygen atoms in total. The van der Waals surface area contributed by atoms with Crippen LogP contribution in [0.1, 0.15) is 27.8 Å². The molecule has 0 aliphatic heterocycles. The summed E-state index contributed by atoms with van der Waals surface area (Å²) in [6.45, 7) is 0. The van der Waals surface area contributed by atoms with Crippen molar-refractivity contribution in [2.45, 2.75) is 18.6 Å². The average Bonchev–Trinajstić information content (AvgIpc) is 2.65. The van der Waals surface area contributed by atoms with Crippen molar-refractivity contribution in [2.75, 3.05) is 0 Å². The molecule has 2 unspecified atom stereocenters. The summed E-state index contributed by atoms with van der Waals surface area (Å²) in [5.41, 5.74) is -0.0375. The van der Waals surface area contributed by atoms with E-state index < -0.39 is 18.2 Å². The SMILES string of the molecule is N#CCC(O)C(O)c1sccc1C(=O)O. The zero-order chi connectivity index (χ0) is 11.4. The molecule has 0 bridgehead atoms. The molecule has 1 aromatic rings. The van der Waals surface area contributed by atoms with E-state index in [9.17, 15) is 15.0 Å². The number of carbonyl (C=O) groups is 1. The molecule has 0 aliphatic rings. The Bertz CT molecular complexity index is 395. The van der Waals surface area contributed by atoms with Crippen molar-refractivity contribution in [1.29, 1.82) is 5.26 Å². The minimum absolute atomic E-state index is 0.0375. The standard InChI is InChI=1S/C9H9NO4S/c10-3-1-6(11)7(12)8-5(9(13)14)2-4-15-8/h2,4,6-7,11-12H,1H2,(H,13,14). The number of carboxylic acid groups (broad SMARTS) is 1. The Morgan fingerprint density at radius 1 is 1.60 bits per heavy atom. The molecule has 15 heavy (non-hydrogen) atoms. The fraction of sp³-hybridized carbons (Fsp3) is 0.333. The molecular weight excluding hydrogens is 218 g/mol. The maximum absolute atomic E-state index is 10.7. The van der Waals surface area contributed by atoms with Gasteiger partial charge >= 0.3 is 5.97 Å². The third-order valence-corrected chi connectivity index (χ3v) is 2.85. The topological polar surface area (TPSA) is 102 Å². The lowest BCUT2D eigenvalue weighted by molar-refractivity contribution is 0.0228. The highest BCUT2D eigenvalue weighted by molar-refractivity contribution is 7.10. The smallest absolute Gasteiger partial charge is 0.336 e. The van der Waals surface area contributed by atoms with Crippen molar-refractivity contribution in [1.82, 2.24) is 0 Å². The molecule has 0 radical (unpaired) electrons. The van der Waals surface area contributed by atoms with Crippen molar-refractivity contribution in [3.05, 3.63) is 21.9 Å². The highest BCUT2D eigenvalue weighted by Gasteiger charge is 2.24. The van der Waals surface area contributed by atoms with Crippen molar-refractivity contribution in [3.63, 3.8) is 0 Å². The number of aliphatic hydroxyl groups excluding tert-OH is 2. The maximum atomic E-state index is 10.7. The molecule has 0 fully saturated rings. The number of carboxylic acids is 1. The van der Waals surface area contributed by atoms with E-state index in [0.717, 1.165) is 11.3 Å². The molecule has 2 atom stereocenters. The fourth-order valence-corrected chi connectivity index (χ4v) is 2.04. The second kappa shape index (κ2) is 4.89. The van der Waals surface area contributed by atoms with Crippen LogP contribution in [0.5, 0.6) is 0 Å². The Kier molecular flexibility index (Phi) is 3.80. The van der Waals surface area contributed by atoms with E-state index in [2.05, 4.69) is 0 Å². The molecule has 1 heterocycles. The lowest BCUT2D eigenvalue weighted by Gasteiger charge is -2.14. The maximum Gasteiger partial charge on any atom is 0.336 e. The van der Waals surface area contributed by atoms with Gasteiger partial charge in [0.15, 0.2) is 0 Å². The van der Waals surface area contributed by atoms with Crippen molar-refractivity contribution < 1.29 is 20.1 Å². The molecule has 0 amide bonds. The summed E-state index contributed by atoms with van der Waals surface area (Å²) in [7, 11) is 0. The summed E-state index contributed by atoms with van der Waals surface area (Å²) in [5.74, 6) is -1.16. The third-order valence-electron chi connectivity index (χ3n) is 1.86. The zero-order valence-electron chi connectivity index (χ0n) is 7.62. The first-order valence-electron chi connectivity index (χ1n) is 4.11. The molecule has 3 N–H and O–H groups in total. The fourth-order valence-electron chi connectivity index (χ4n) is 1.11. The predicted molar refractivity (Wildman–Crippen MR) is 52.5 cm³/mol. The molecule has 0 aromatic carbocycles. The molecule has 0 aliphatic carbocycles. The van der Waals surface area contributed by atoms with Crippen LogP contribution in [0.3, 0.4) is 0 Å². The van der Waals surface area contributed by atoms with Gasteiger partial charge in [-0.2, -0.15) is 5.26 Å². The van der Waals surface area contributed by atoms with Gasteiger partial charge in [-0.15, -0.1) is 11.3 Å². The minimum Gasteiger partial charge on any atom is -0.478 e. The summed E-state index contributed by atoms with van der Waals surface area (Å²) in [6, 6.07) is 3.06. The van der Waals surface area contributed by atoms with Crippen molar-refractivity contribution >= 4 is 17.3 Å². The first-order chi connectivity index (χ1) is 7.07. The van der Waals surface area contributed by atoms with Crippen LogP contribution in [-0.4, -0.2) is 27.4 Å². The highest BCUT2D eigenvalue weighted by Crippen LogP contribution is 2.27. The lowest BCUT2D eigenvalue weighted by atomic mass is 10.1. The summed E-state index contributed by atoms with van der Waals surface area (Å²) < 4.78 is 0. The average molecular weight is 227 g/mol. The largest absolute Gasteiger partial charge is 0.478 e. The lowest BCUT2D eigenvalue weighted by Crippen LogP contribution is -2.18. The van der Waals surface area contributed by atoms with Crippen LogP contribution in [0, 0.1) is 11.3 Å². The van der Waals surface area contributed by atoms with E-state index in [1.54, 1.807) is 6.07 Å². The summed E-state index contributed by atoms with van der Waals surface area (Å²) in [4.78, 5) is 10.9. The first kappa shape index (κ1) is 11.7.